The molecule has 0 aliphatic carbocycles. The second-order valence-corrected chi connectivity index (χ2v) is 4.22. The molecule has 21 heavy (non-hydrogen) atoms. The summed E-state index contributed by atoms with van der Waals surface area (Å²) < 4.78 is 16.1. The van der Waals surface area contributed by atoms with Crippen LogP contribution < -0.4 is 14.9 Å². The normalized spacial score (nSPS) is 11.2. The van der Waals surface area contributed by atoms with Crippen molar-refractivity contribution in [3.05, 3.63) is 65.6 Å². The van der Waals surface area contributed by atoms with E-state index in [1.54, 1.807) is 30.4 Å². The summed E-state index contributed by atoms with van der Waals surface area (Å²) in [6.07, 6.45) is 6.27. The number of fused-ring (bicyclic) bond motifs is 1. The third-order valence-corrected chi connectivity index (χ3v) is 3.11. The van der Waals surface area contributed by atoms with Crippen LogP contribution in [0.25, 0.3) is 16.5 Å². The molecule has 0 spiro atoms. The third-order valence-electron chi connectivity index (χ3n) is 3.11. The molecular formula is C17H16O4. The van der Waals surface area contributed by atoms with Gasteiger partial charge in [0.25, 0.3) is 0 Å². The lowest BCUT2D eigenvalue weighted by molar-refractivity contribution is 0.353. The number of hydrogen-bond donors (Lipinski definition) is 0. The van der Waals surface area contributed by atoms with Crippen molar-refractivity contribution in [2.75, 3.05) is 14.2 Å². The Morgan fingerprint density at radius 2 is 2.00 bits per heavy atom. The summed E-state index contributed by atoms with van der Waals surface area (Å²) >= 11 is 0. The van der Waals surface area contributed by atoms with E-state index in [1.165, 1.54) is 20.5 Å². The van der Waals surface area contributed by atoms with Crippen LogP contribution in [0, 0.1) is 0 Å². The number of rotatable bonds is 5. The van der Waals surface area contributed by atoms with E-state index in [9.17, 15) is 4.79 Å². The third kappa shape index (κ3) is 2.48. The number of hydrogen-bond acceptors (Lipinski definition) is 4. The SMILES string of the molecule is C=C/C=C(\C=C)c1coc2c(OC)c(OC)ccc2c1=O. The van der Waals surface area contributed by atoms with Gasteiger partial charge in [-0.05, 0) is 17.7 Å². The highest BCUT2D eigenvalue weighted by molar-refractivity contribution is 5.88. The molecule has 0 bridgehead atoms. The molecule has 0 saturated heterocycles. The molecule has 0 aliphatic heterocycles. The van der Waals surface area contributed by atoms with E-state index in [2.05, 4.69) is 13.2 Å². The van der Waals surface area contributed by atoms with E-state index in [1.807, 2.05) is 0 Å². The number of methoxy groups -OCH3 is 2. The molecule has 1 aromatic heterocycles. The van der Waals surface area contributed by atoms with Crippen molar-refractivity contribution in [2.24, 2.45) is 0 Å². The summed E-state index contributed by atoms with van der Waals surface area (Å²) in [7, 11) is 3.02. The van der Waals surface area contributed by atoms with E-state index < -0.39 is 0 Å². The molecule has 0 atom stereocenters. The van der Waals surface area contributed by atoms with E-state index in [4.69, 9.17) is 13.9 Å². The zero-order chi connectivity index (χ0) is 15.4. The number of benzene rings is 1. The second kappa shape index (κ2) is 6.13. The first-order valence-corrected chi connectivity index (χ1v) is 6.30. The predicted molar refractivity (Wildman–Crippen MR) is 84.0 cm³/mol. The summed E-state index contributed by atoms with van der Waals surface area (Å²) in [6, 6.07) is 3.33. The maximum Gasteiger partial charge on any atom is 0.204 e. The quantitative estimate of drug-likeness (QED) is 0.788. The first kappa shape index (κ1) is 14.7. The van der Waals surface area contributed by atoms with Gasteiger partial charge in [-0.1, -0.05) is 31.4 Å². The van der Waals surface area contributed by atoms with Crippen LogP contribution in [-0.2, 0) is 0 Å². The van der Waals surface area contributed by atoms with Crippen LogP contribution in [0.5, 0.6) is 11.5 Å². The Kier molecular flexibility index (Phi) is 4.28. The molecule has 0 N–H and O–H groups in total. The average molecular weight is 284 g/mol. The number of ether oxygens (including phenoxy) is 2. The van der Waals surface area contributed by atoms with Gasteiger partial charge in [-0.2, -0.15) is 0 Å². The van der Waals surface area contributed by atoms with Gasteiger partial charge in [0.05, 0.1) is 25.2 Å². The Morgan fingerprint density at radius 1 is 1.24 bits per heavy atom. The topological polar surface area (TPSA) is 48.7 Å². The molecule has 4 heteroatoms. The van der Waals surface area contributed by atoms with E-state index in [-0.39, 0.29) is 5.43 Å². The molecule has 1 heterocycles. The van der Waals surface area contributed by atoms with E-state index in [0.717, 1.165) is 0 Å². The van der Waals surface area contributed by atoms with Crippen molar-refractivity contribution in [3.8, 4) is 11.5 Å². The van der Waals surface area contributed by atoms with E-state index >= 15 is 0 Å². The van der Waals surface area contributed by atoms with Crippen LogP contribution in [0.3, 0.4) is 0 Å². The van der Waals surface area contributed by atoms with Gasteiger partial charge in [-0.25, -0.2) is 0 Å². The summed E-state index contributed by atoms with van der Waals surface area (Å²) in [5, 5.41) is 0.418. The molecule has 2 rings (SSSR count). The van der Waals surface area contributed by atoms with Crippen LogP contribution in [0.15, 0.2) is 59.0 Å². The lowest BCUT2D eigenvalue weighted by Gasteiger charge is -2.10. The van der Waals surface area contributed by atoms with Crippen LogP contribution in [0.4, 0.5) is 0 Å². The smallest absolute Gasteiger partial charge is 0.204 e. The molecule has 0 saturated carbocycles. The Labute approximate surface area is 122 Å². The minimum atomic E-state index is -0.162. The van der Waals surface area contributed by atoms with Crippen LogP contribution in [0.1, 0.15) is 5.56 Å². The lowest BCUT2D eigenvalue weighted by atomic mass is 10.1. The molecule has 108 valence electrons. The summed E-state index contributed by atoms with van der Waals surface area (Å²) in [4.78, 5) is 12.6. The average Bonchev–Trinajstić information content (AvgIpc) is 2.52. The van der Waals surface area contributed by atoms with Gasteiger partial charge in [0, 0.05) is 0 Å². The minimum absolute atomic E-state index is 0.162. The van der Waals surface area contributed by atoms with Gasteiger partial charge < -0.3 is 13.9 Å². The van der Waals surface area contributed by atoms with Crippen LogP contribution in [0.2, 0.25) is 0 Å². The summed E-state index contributed by atoms with van der Waals surface area (Å²) in [6.45, 7) is 7.32. The molecular weight excluding hydrogens is 268 g/mol. The fourth-order valence-electron chi connectivity index (χ4n) is 2.10. The van der Waals surface area contributed by atoms with Crippen molar-refractivity contribution < 1.29 is 13.9 Å². The summed E-state index contributed by atoms with van der Waals surface area (Å²) in [5.74, 6) is 0.901. The predicted octanol–water partition coefficient (Wildman–Crippen LogP) is 3.57. The van der Waals surface area contributed by atoms with Gasteiger partial charge in [-0.15, -0.1) is 0 Å². The minimum Gasteiger partial charge on any atom is -0.493 e. The first-order valence-electron chi connectivity index (χ1n) is 6.30. The Morgan fingerprint density at radius 3 is 2.57 bits per heavy atom. The monoisotopic (exact) mass is 284 g/mol. The van der Waals surface area contributed by atoms with Crippen molar-refractivity contribution in [1.82, 2.24) is 0 Å². The molecule has 0 unspecified atom stereocenters. The maximum atomic E-state index is 12.6. The lowest BCUT2D eigenvalue weighted by Crippen LogP contribution is -2.08. The van der Waals surface area contributed by atoms with Crippen molar-refractivity contribution in [3.63, 3.8) is 0 Å². The Hall–Kier alpha value is -2.75. The van der Waals surface area contributed by atoms with Crippen LogP contribution >= 0.6 is 0 Å². The number of allylic oxidation sites excluding steroid dienone is 4. The largest absolute Gasteiger partial charge is 0.493 e. The van der Waals surface area contributed by atoms with Crippen molar-refractivity contribution in [2.45, 2.75) is 0 Å². The van der Waals surface area contributed by atoms with Gasteiger partial charge in [-0.3, -0.25) is 4.79 Å². The highest BCUT2D eigenvalue weighted by Crippen LogP contribution is 2.34. The fourth-order valence-corrected chi connectivity index (χ4v) is 2.10. The zero-order valence-electron chi connectivity index (χ0n) is 12.0. The Bertz CT molecular complexity index is 781. The van der Waals surface area contributed by atoms with Crippen molar-refractivity contribution in [1.29, 1.82) is 0 Å². The zero-order valence-corrected chi connectivity index (χ0v) is 12.0. The van der Waals surface area contributed by atoms with E-state index in [0.29, 0.717) is 33.6 Å². The van der Waals surface area contributed by atoms with Gasteiger partial charge in [0.1, 0.15) is 6.26 Å². The van der Waals surface area contributed by atoms with Gasteiger partial charge in [0.15, 0.2) is 11.3 Å². The molecule has 0 radical (unpaired) electrons. The highest BCUT2D eigenvalue weighted by Gasteiger charge is 2.16. The van der Waals surface area contributed by atoms with Crippen molar-refractivity contribution >= 4 is 16.5 Å². The molecule has 4 nitrogen and oxygen atoms in total. The maximum absolute atomic E-state index is 12.6. The molecule has 0 fully saturated rings. The van der Waals surface area contributed by atoms with Gasteiger partial charge in [0.2, 0.25) is 11.2 Å². The van der Waals surface area contributed by atoms with Gasteiger partial charge >= 0.3 is 0 Å². The first-order chi connectivity index (χ1) is 10.2. The van der Waals surface area contributed by atoms with Crippen LogP contribution in [-0.4, -0.2) is 14.2 Å². The second-order valence-electron chi connectivity index (χ2n) is 4.22. The molecule has 1 aromatic carbocycles. The summed E-state index contributed by atoms with van der Waals surface area (Å²) in [5.41, 5.74) is 1.26. The highest BCUT2D eigenvalue weighted by atomic mass is 16.5. The molecule has 0 amide bonds. The molecule has 2 aromatic rings. The fraction of sp³-hybridized carbons (Fsp3) is 0.118. The standard InChI is InChI=1S/C17H16O4/c1-5-7-11(6-2)13-10-21-16-12(15(13)18)8-9-14(19-3)17(16)20-4/h5-10H,1-2H2,3-4H3/b11-7+. The molecule has 0 aliphatic rings. The Balaban J connectivity index is 2.81.